The van der Waals surface area contributed by atoms with Gasteiger partial charge in [0, 0.05) is 12.8 Å². The van der Waals surface area contributed by atoms with E-state index in [1.807, 2.05) is 0 Å². The quantitative estimate of drug-likeness (QED) is 0.0196. The van der Waals surface area contributed by atoms with Gasteiger partial charge in [0.25, 0.3) is 10.1 Å². The molecule has 0 amide bonds. The van der Waals surface area contributed by atoms with E-state index in [1.165, 1.54) is 186 Å². The minimum absolute atomic E-state index is 0.171. The van der Waals surface area contributed by atoms with Crippen molar-refractivity contribution in [2.24, 2.45) is 0 Å². The summed E-state index contributed by atoms with van der Waals surface area (Å²) in [5.41, 5.74) is 0. The average Bonchev–Trinajstić information content (AvgIpc) is 3.30. The summed E-state index contributed by atoms with van der Waals surface area (Å²) in [5.74, 6) is -1.96. The Morgan fingerprint density at radius 2 is 0.851 bits per heavy atom. The molecular weight excluding hydrogens is 873 g/mol. The third-order valence-corrected chi connectivity index (χ3v) is 13.8. The van der Waals surface area contributed by atoms with Crippen LogP contribution in [0.15, 0.2) is 12.2 Å². The van der Waals surface area contributed by atoms with Gasteiger partial charge < -0.3 is 34.3 Å². The number of rotatable bonds is 48. The van der Waals surface area contributed by atoms with Crippen molar-refractivity contribution in [1.29, 1.82) is 0 Å². The molecule has 2 unspecified atom stereocenters. The summed E-state index contributed by atoms with van der Waals surface area (Å²) < 4.78 is 54.3. The summed E-state index contributed by atoms with van der Waals surface area (Å²) in [5, 5.41) is 31.0. The van der Waals surface area contributed by atoms with Crippen LogP contribution in [-0.4, -0.2) is 96.0 Å². The normalized spacial score (nSPS) is 19.3. The van der Waals surface area contributed by atoms with E-state index < -0.39 is 71.2 Å². The van der Waals surface area contributed by atoms with Crippen molar-refractivity contribution in [3.8, 4) is 0 Å². The Balaban J connectivity index is 2.32. The maximum Gasteiger partial charge on any atom is 0.306 e. The summed E-state index contributed by atoms with van der Waals surface area (Å²) in [6.45, 7) is 3.81. The van der Waals surface area contributed by atoms with Gasteiger partial charge in [-0.25, -0.2) is 0 Å². The van der Waals surface area contributed by atoms with E-state index in [9.17, 15) is 37.9 Å². The van der Waals surface area contributed by atoms with Gasteiger partial charge in [-0.15, -0.1) is 0 Å². The second-order valence-electron chi connectivity index (χ2n) is 19.6. The van der Waals surface area contributed by atoms with Crippen LogP contribution in [0.1, 0.15) is 264 Å². The number of hydrogen-bond donors (Lipinski definition) is 4. The van der Waals surface area contributed by atoms with Crippen molar-refractivity contribution >= 4 is 22.1 Å². The molecule has 6 atom stereocenters. The molecule has 1 heterocycles. The fraction of sp³-hybridized carbons (Fsp3) is 0.926. The summed E-state index contributed by atoms with van der Waals surface area (Å²) in [4.78, 5) is 25.6. The first-order valence-electron chi connectivity index (χ1n) is 27.7. The lowest BCUT2D eigenvalue weighted by Crippen LogP contribution is -2.60. The molecule has 12 nitrogen and oxygen atoms in total. The van der Waals surface area contributed by atoms with Crippen LogP contribution >= 0.6 is 0 Å². The highest BCUT2D eigenvalue weighted by Gasteiger charge is 2.46. The minimum Gasteiger partial charge on any atom is -0.462 e. The molecule has 1 aliphatic rings. The van der Waals surface area contributed by atoms with E-state index in [-0.39, 0.29) is 19.4 Å². The lowest BCUT2D eigenvalue weighted by molar-refractivity contribution is -0.297. The number of ether oxygens (including phenoxy) is 4. The van der Waals surface area contributed by atoms with Crippen molar-refractivity contribution in [2.45, 2.75) is 301 Å². The van der Waals surface area contributed by atoms with Crippen LogP contribution in [-0.2, 0) is 38.7 Å². The van der Waals surface area contributed by atoms with Crippen LogP contribution in [0.5, 0.6) is 0 Å². The van der Waals surface area contributed by atoms with Gasteiger partial charge in [0.2, 0.25) is 0 Å². The Hall–Kier alpha value is -1.61. The van der Waals surface area contributed by atoms with Crippen molar-refractivity contribution in [3.63, 3.8) is 0 Å². The van der Waals surface area contributed by atoms with E-state index in [4.69, 9.17) is 18.9 Å². The van der Waals surface area contributed by atoms with Crippen molar-refractivity contribution in [1.82, 2.24) is 0 Å². The van der Waals surface area contributed by atoms with E-state index in [1.54, 1.807) is 0 Å². The van der Waals surface area contributed by atoms with Crippen LogP contribution in [0.25, 0.3) is 0 Å². The van der Waals surface area contributed by atoms with Crippen LogP contribution in [0.4, 0.5) is 0 Å². The van der Waals surface area contributed by atoms with Crippen LogP contribution in [0, 0.1) is 0 Å². The number of unbranched alkanes of at least 4 members (excludes halogenated alkanes) is 34. The zero-order valence-electron chi connectivity index (χ0n) is 42.8. The molecule has 1 aliphatic heterocycles. The van der Waals surface area contributed by atoms with Gasteiger partial charge in [-0.05, 0) is 38.5 Å². The highest BCUT2D eigenvalue weighted by molar-refractivity contribution is 7.85. The van der Waals surface area contributed by atoms with Gasteiger partial charge in [0.15, 0.2) is 12.4 Å². The van der Waals surface area contributed by atoms with Gasteiger partial charge in [-0.3, -0.25) is 14.1 Å². The Labute approximate surface area is 409 Å². The molecule has 67 heavy (non-hydrogen) atoms. The zero-order valence-corrected chi connectivity index (χ0v) is 43.6. The Bertz CT molecular complexity index is 1280. The molecule has 0 spiro atoms. The summed E-state index contributed by atoms with van der Waals surface area (Å²) in [6.07, 6.45) is 41.1. The molecule has 0 aromatic rings. The fourth-order valence-corrected chi connectivity index (χ4v) is 9.48. The summed E-state index contributed by atoms with van der Waals surface area (Å²) in [7, 11) is -4.60. The molecule has 0 radical (unpaired) electrons. The summed E-state index contributed by atoms with van der Waals surface area (Å²) in [6, 6.07) is 0. The summed E-state index contributed by atoms with van der Waals surface area (Å²) >= 11 is 0. The molecule has 13 heteroatoms. The van der Waals surface area contributed by atoms with Crippen molar-refractivity contribution in [3.05, 3.63) is 12.2 Å². The number of hydrogen-bond acceptors (Lipinski definition) is 11. The predicted molar refractivity (Wildman–Crippen MR) is 270 cm³/mol. The Morgan fingerprint density at radius 3 is 1.24 bits per heavy atom. The third-order valence-electron chi connectivity index (χ3n) is 13.1. The number of carbonyl (C=O) groups is 2. The highest BCUT2D eigenvalue weighted by atomic mass is 32.2. The third kappa shape index (κ3) is 38.8. The SMILES string of the molecule is CCCCCCCC/C=C/CCCCCCCCCCCC(=O)OC[C@H](CO[C@H]1O[C@H](CS(=O)(=O)O)[C@@H](O)C(O)C1O)OC(=O)CCCCCCCCCCCCCCCCCCCCCC. The molecule has 0 aliphatic carbocycles. The molecule has 0 aromatic heterocycles. The van der Waals surface area contributed by atoms with E-state index in [2.05, 4.69) is 26.0 Å². The van der Waals surface area contributed by atoms with Crippen molar-refractivity contribution < 1.29 is 56.8 Å². The largest absolute Gasteiger partial charge is 0.462 e. The predicted octanol–water partition coefficient (Wildman–Crippen LogP) is 13.0. The Kier molecular flexibility index (Phi) is 42.0. The maximum absolute atomic E-state index is 12.9. The first-order chi connectivity index (χ1) is 32.5. The van der Waals surface area contributed by atoms with Gasteiger partial charge in [-0.2, -0.15) is 8.42 Å². The Morgan fingerprint density at radius 1 is 0.493 bits per heavy atom. The molecule has 1 rings (SSSR count). The second kappa shape index (κ2) is 44.3. The molecular formula is C54H102O12S. The van der Waals surface area contributed by atoms with Crippen LogP contribution in [0.3, 0.4) is 0 Å². The number of aliphatic hydroxyl groups is 3. The highest BCUT2D eigenvalue weighted by Crippen LogP contribution is 2.24. The van der Waals surface area contributed by atoms with Gasteiger partial charge >= 0.3 is 11.9 Å². The molecule has 4 N–H and O–H groups in total. The van der Waals surface area contributed by atoms with E-state index >= 15 is 0 Å². The smallest absolute Gasteiger partial charge is 0.306 e. The zero-order chi connectivity index (χ0) is 49.1. The van der Waals surface area contributed by atoms with E-state index in [0.717, 1.165) is 38.5 Å². The average molecular weight is 975 g/mol. The first-order valence-corrected chi connectivity index (χ1v) is 29.4. The molecule has 0 bridgehead atoms. The fourth-order valence-electron chi connectivity index (χ4n) is 8.79. The number of carbonyl (C=O) groups excluding carboxylic acids is 2. The van der Waals surface area contributed by atoms with Crippen LogP contribution < -0.4 is 0 Å². The van der Waals surface area contributed by atoms with Crippen molar-refractivity contribution in [2.75, 3.05) is 19.0 Å². The van der Waals surface area contributed by atoms with E-state index in [0.29, 0.717) is 12.8 Å². The van der Waals surface area contributed by atoms with Gasteiger partial charge in [0.05, 0.1) is 6.61 Å². The molecule has 0 aromatic carbocycles. The lowest BCUT2D eigenvalue weighted by Gasteiger charge is -2.40. The minimum atomic E-state index is -4.60. The van der Waals surface area contributed by atoms with Gasteiger partial charge in [0.1, 0.15) is 36.8 Å². The number of allylic oxidation sites excluding steroid dienone is 2. The molecule has 0 saturated carbocycles. The second-order valence-corrected chi connectivity index (χ2v) is 21.1. The standard InChI is InChI=1S/C54H102O12S/c1-3-5-7-9-11-13-15-17-19-21-23-25-27-29-31-33-35-37-39-41-43-50(56)65-47(45-64-54-53(59)52(58)51(57)48(66-54)46-67(60,61)62)44-63-49(55)42-40-38-36-34-32-30-28-26-24-22-20-18-16-14-12-10-8-6-4-2/h18,20,47-48,51-54,57-59H,3-17,19,21-46H2,1-2H3,(H,60,61,62)/b20-18+/t47-,48-,51-,52?,53?,54+/m1/s1. The van der Waals surface area contributed by atoms with Crippen LogP contribution in [0.2, 0.25) is 0 Å². The first kappa shape index (κ1) is 63.4. The lowest BCUT2D eigenvalue weighted by atomic mass is 10.00. The topological polar surface area (TPSA) is 186 Å². The molecule has 1 saturated heterocycles. The van der Waals surface area contributed by atoms with Gasteiger partial charge in [-0.1, -0.05) is 225 Å². The molecule has 396 valence electrons. The maximum atomic E-state index is 12.9. The molecule has 1 fully saturated rings. The number of aliphatic hydroxyl groups excluding tert-OH is 3. The monoisotopic (exact) mass is 975 g/mol. The number of esters is 2.